The summed E-state index contributed by atoms with van der Waals surface area (Å²) in [5.41, 5.74) is -0.930. The van der Waals surface area contributed by atoms with Crippen molar-refractivity contribution < 1.29 is 29.0 Å². The number of carboxylic acid groups (broad SMARTS) is 1. The smallest absolute Gasteiger partial charge is 0.410 e. The topological polar surface area (TPSA) is 102 Å². The van der Waals surface area contributed by atoms with Gasteiger partial charge in [0.15, 0.2) is 0 Å². The standard InChI is InChI=1S/C16H29NO6/c1-7-11(4)8-16(6,9-13(18)19)17-15(21)23-12(5)22-14(20)10(2)3/h10-12H,7-9H2,1-6H3,(H,17,21)(H,18,19)/t11-,12+,16+/m0/s1. The van der Waals surface area contributed by atoms with E-state index in [2.05, 4.69) is 5.32 Å². The molecule has 0 fully saturated rings. The highest BCUT2D eigenvalue weighted by Gasteiger charge is 2.32. The third kappa shape index (κ3) is 9.05. The molecule has 0 aliphatic carbocycles. The number of amides is 1. The molecule has 0 aliphatic heterocycles. The molecule has 3 atom stereocenters. The van der Waals surface area contributed by atoms with Crippen molar-refractivity contribution in [1.82, 2.24) is 5.32 Å². The monoisotopic (exact) mass is 331 g/mol. The lowest BCUT2D eigenvalue weighted by Gasteiger charge is -2.31. The second kappa shape index (κ2) is 9.37. The van der Waals surface area contributed by atoms with E-state index in [1.165, 1.54) is 6.92 Å². The van der Waals surface area contributed by atoms with Gasteiger partial charge in [-0.2, -0.15) is 0 Å². The summed E-state index contributed by atoms with van der Waals surface area (Å²) < 4.78 is 9.92. The van der Waals surface area contributed by atoms with Crippen LogP contribution < -0.4 is 5.32 Å². The molecule has 23 heavy (non-hydrogen) atoms. The Bertz CT molecular complexity index is 423. The molecule has 1 amide bonds. The Hall–Kier alpha value is -1.79. The van der Waals surface area contributed by atoms with Crippen molar-refractivity contribution >= 4 is 18.0 Å². The first kappa shape index (κ1) is 21.2. The van der Waals surface area contributed by atoms with Gasteiger partial charge in [-0.1, -0.05) is 34.1 Å². The molecule has 0 aromatic rings. The van der Waals surface area contributed by atoms with Crippen LogP contribution in [0.5, 0.6) is 0 Å². The van der Waals surface area contributed by atoms with Gasteiger partial charge < -0.3 is 19.9 Å². The Morgan fingerprint density at radius 2 is 1.70 bits per heavy atom. The molecule has 0 bridgehead atoms. The van der Waals surface area contributed by atoms with Crippen LogP contribution in [-0.4, -0.2) is 35.0 Å². The molecule has 0 rings (SSSR count). The van der Waals surface area contributed by atoms with E-state index in [4.69, 9.17) is 14.6 Å². The van der Waals surface area contributed by atoms with Crippen molar-refractivity contribution in [2.75, 3.05) is 0 Å². The molecular formula is C16H29NO6. The van der Waals surface area contributed by atoms with E-state index in [-0.39, 0.29) is 18.3 Å². The Morgan fingerprint density at radius 1 is 1.13 bits per heavy atom. The minimum atomic E-state index is -1.04. The zero-order valence-corrected chi connectivity index (χ0v) is 14.8. The fraction of sp³-hybridized carbons (Fsp3) is 0.812. The van der Waals surface area contributed by atoms with Crippen LogP contribution in [0.3, 0.4) is 0 Å². The summed E-state index contributed by atoms with van der Waals surface area (Å²) in [4.78, 5) is 34.4. The van der Waals surface area contributed by atoms with Gasteiger partial charge in [0.25, 0.3) is 0 Å². The average Bonchev–Trinajstić information content (AvgIpc) is 2.35. The number of alkyl carbamates (subject to hydrolysis) is 1. The van der Waals surface area contributed by atoms with Gasteiger partial charge in [-0.25, -0.2) is 4.79 Å². The second-order valence-corrected chi connectivity index (χ2v) is 6.54. The Labute approximate surface area is 137 Å². The summed E-state index contributed by atoms with van der Waals surface area (Å²) in [6.07, 6.45) is -0.685. The molecule has 0 aromatic heterocycles. The van der Waals surface area contributed by atoms with Crippen molar-refractivity contribution in [3.63, 3.8) is 0 Å². The highest BCUT2D eigenvalue weighted by molar-refractivity contribution is 5.73. The molecule has 134 valence electrons. The number of rotatable bonds is 9. The number of hydrogen-bond donors (Lipinski definition) is 2. The maximum absolute atomic E-state index is 12.0. The molecule has 7 heteroatoms. The largest absolute Gasteiger partial charge is 0.481 e. The lowest BCUT2D eigenvalue weighted by Crippen LogP contribution is -2.49. The van der Waals surface area contributed by atoms with Crippen LogP contribution in [0.25, 0.3) is 0 Å². The van der Waals surface area contributed by atoms with Gasteiger partial charge in [0.2, 0.25) is 6.29 Å². The zero-order chi connectivity index (χ0) is 18.2. The van der Waals surface area contributed by atoms with Crippen LogP contribution >= 0.6 is 0 Å². The lowest BCUT2D eigenvalue weighted by molar-refractivity contribution is -0.168. The first-order chi connectivity index (χ1) is 10.5. The Morgan fingerprint density at radius 3 is 2.13 bits per heavy atom. The number of carboxylic acids is 1. The third-order valence-corrected chi connectivity index (χ3v) is 3.47. The number of carbonyl (C=O) groups excluding carboxylic acids is 2. The van der Waals surface area contributed by atoms with Crippen LogP contribution in [0.15, 0.2) is 0 Å². The first-order valence-corrected chi connectivity index (χ1v) is 7.90. The highest BCUT2D eigenvalue weighted by atomic mass is 16.7. The second-order valence-electron chi connectivity index (χ2n) is 6.54. The summed E-state index contributed by atoms with van der Waals surface area (Å²) >= 11 is 0. The van der Waals surface area contributed by atoms with Crippen LogP contribution in [-0.2, 0) is 19.1 Å². The molecule has 0 aliphatic rings. The molecule has 7 nitrogen and oxygen atoms in total. The molecule has 0 aromatic carbocycles. The van der Waals surface area contributed by atoms with Gasteiger partial charge in [0.1, 0.15) is 0 Å². The van der Waals surface area contributed by atoms with Crippen LogP contribution in [0.1, 0.15) is 60.8 Å². The van der Waals surface area contributed by atoms with Crippen LogP contribution in [0, 0.1) is 11.8 Å². The quantitative estimate of drug-likeness (QED) is 0.497. The van der Waals surface area contributed by atoms with Gasteiger partial charge in [-0.15, -0.1) is 0 Å². The number of aliphatic carboxylic acids is 1. The van der Waals surface area contributed by atoms with Crippen LogP contribution in [0.2, 0.25) is 0 Å². The highest BCUT2D eigenvalue weighted by Crippen LogP contribution is 2.23. The van der Waals surface area contributed by atoms with Crippen LogP contribution in [0.4, 0.5) is 4.79 Å². The summed E-state index contributed by atoms with van der Waals surface area (Å²) in [7, 11) is 0. The van der Waals surface area contributed by atoms with Crippen molar-refractivity contribution in [1.29, 1.82) is 0 Å². The Balaban J connectivity index is 4.70. The molecule has 0 saturated carbocycles. The molecule has 2 N–H and O–H groups in total. The fourth-order valence-corrected chi connectivity index (χ4v) is 2.16. The first-order valence-electron chi connectivity index (χ1n) is 7.90. The summed E-state index contributed by atoms with van der Waals surface area (Å²) in [6.45, 7) is 10.4. The summed E-state index contributed by atoms with van der Waals surface area (Å²) in [6, 6.07) is 0. The number of carbonyl (C=O) groups is 3. The lowest BCUT2D eigenvalue weighted by atomic mass is 9.86. The third-order valence-electron chi connectivity index (χ3n) is 3.47. The number of nitrogens with one attached hydrogen (secondary N) is 1. The normalized spacial score (nSPS) is 16.1. The van der Waals surface area contributed by atoms with Gasteiger partial charge in [-0.3, -0.25) is 9.59 Å². The van der Waals surface area contributed by atoms with E-state index < -0.39 is 29.9 Å². The molecule has 0 saturated heterocycles. The minimum Gasteiger partial charge on any atom is -0.481 e. The molecule has 0 radical (unpaired) electrons. The van der Waals surface area contributed by atoms with E-state index in [9.17, 15) is 14.4 Å². The maximum atomic E-state index is 12.0. The molecule has 0 unspecified atom stereocenters. The number of ether oxygens (including phenoxy) is 2. The van der Waals surface area contributed by atoms with E-state index >= 15 is 0 Å². The fourth-order valence-electron chi connectivity index (χ4n) is 2.16. The van der Waals surface area contributed by atoms with Gasteiger partial charge in [0.05, 0.1) is 17.9 Å². The van der Waals surface area contributed by atoms with E-state index in [0.29, 0.717) is 6.42 Å². The van der Waals surface area contributed by atoms with Gasteiger partial charge in [0, 0.05) is 6.92 Å². The molecule has 0 heterocycles. The average molecular weight is 331 g/mol. The van der Waals surface area contributed by atoms with Crippen molar-refractivity contribution in [2.24, 2.45) is 11.8 Å². The number of esters is 1. The van der Waals surface area contributed by atoms with Crippen molar-refractivity contribution in [3.8, 4) is 0 Å². The minimum absolute atomic E-state index is 0.216. The predicted octanol–water partition coefficient (Wildman–Crippen LogP) is 2.93. The summed E-state index contributed by atoms with van der Waals surface area (Å²) in [5.74, 6) is -1.56. The van der Waals surface area contributed by atoms with Crippen molar-refractivity contribution in [2.45, 2.75) is 72.6 Å². The summed E-state index contributed by atoms with van der Waals surface area (Å²) in [5, 5.41) is 11.6. The molecule has 0 spiro atoms. The van der Waals surface area contributed by atoms with Gasteiger partial charge >= 0.3 is 18.0 Å². The maximum Gasteiger partial charge on any atom is 0.410 e. The predicted molar refractivity (Wildman–Crippen MR) is 84.7 cm³/mol. The van der Waals surface area contributed by atoms with E-state index in [0.717, 1.165) is 6.42 Å². The number of hydrogen-bond acceptors (Lipinski definition) is 5. The van der Waals surface area contributed by atoms with E-state index in [1.54, 1.807) is 20.8 Å². The Kier molecular flexibility index (Phi) is 8.64. The van der Waals surface area contributed by atoms with E-state index in [1.807, 2.05) is 13.8 Å². The SMILES string of the molecule is CC[C@H](C)C[C@](C)(CC(=O)O)NC(=O)O[C@H](C)OC(=O)C(C)C. The van der Waals surface area contributed by atoms with Gasteiger partial charge in [-0.05, 0) is 19.3 Å². The zero-order valence-electron chi connectivity index (χ0n) is 14.8. The molecular weight excluding hydrogens is 302 g/mol. The van der Waals surface area contributed by atoms with Crippen molar-refractivity contribution in [3.05, 3.63) is 0 Å².